The Bertz CT molecular complexity index is 597. The SMILES string of the molecule is CCC1=NOC(CNC(=O)Nc2ccc(CN3CCOCC3)cc2)C1. The van der Waals surface area contributed by atoms with E-state index in [-0.39, 0.29) is 12.1 Å². The topological polar surface area (TPSA) is 75.2 Å². The van der Waals surface area contributed by atoms with Gasteiger partial charge in [-0.05, 0) is 24.1 Å². The standard InChI is InChI=1S/C18H26N4O3/c1-2-15-11-17(25-21-15)12-19-18(23)20-16-5-3-14(4-6-16)13-22-7-9-24-10-8-22/h3-6,17H,2,7-13H2,1H3,(H2,19,20,23). The number of oxime groups is 1. The molecule has 0 bridgehead atoms. The Balaban J connectivity index is 1.39. The Morgan fingerprint density at radius 1 is 1.28 bits per heavy atom. The van der Waals surface area contributed by atoms with Crippen LogP contribution in [-0.2, 0) is 16.1 Å². The third-order valence-electron chi connectivity index (χ3n) is 4.41. The molecule has 2 heterocycles. The quantitative estimate of drug-likeness (QED) is 0.828. The third-order valence-corrected chi connectivity index (χ3v) is 4.41. The molecule has 0 saturated carbocycles. The van der Waals surface area contributed by atoms with Crippen molar-refractivity contribution in [3.8, 4) is 0 Å². The van der Waals surface area contributed by atoms with Gasteiger partial charge < -0.3 is 20.2 Å². The van der Waals surface area contributed by atoms with Crippen LogP contribution in [0.1, 0.15) is 25.3 Å². The van der Waals surface area contributed by atoms with E-state index in [4.69, 9.17) is 9.57 Å². The molecule has 1 atom stereocenters. The molecule has 1 fully saturated rings. The first-order valence-electron chi connectivity index (χ1n) is 8.88. The summed E-state index contributed by atoms with van der Waals surface area (Å²) in [6.07, 6.45) is 1.61. The number of hydrogen-bond donors (Lipinski definition) is 2. The van der Waals surface area contributed by atoms with Crippen LogP contribution in [0.5, 0.6) is 0 Å². The fourth-order valence-electron chi connectivity index (χ4n) is 2.90. The minimum atomic E-state index is -0.227. The molecule has 3 rings (SSSR count). The maximum Gasteiger partial charge on any atom is 0.319 e. The van der Waals surface area contributed by atoms with E-state index < -0.39 is 0 Å². The van der Waals surface area contributed by atoms with E-state index in [2.05, 4.69) is 20.7 Å². The van der Waals surface area contributed by atoms with Crippen LogP contribution in [0, 0.1) is 0 Å². The number of amides is 2. The Labute approximate surface area is 148 Å². The zero-order valence-corrected chi connectivity index (χ0v) is 14.7. The van der Waals surface area contributed by atoms with Crippen molar-refractivity contribution in [3.05, 3.63) is 29.8 Å². The van der Waals surface area contributed by atoms with E-state index in [0.717, 1.165) is 57.1 Å². The van der Waals surface area contributed by atoms with Gasteiger partial charge in [0.1, 0.15) is 6.10 Å². The van der Waals surface area contributed by atoms with Crippen molar-refractivity contribution in [3.63, 3.8) is 0 Å². The number of nitrogens with zero attached hydrogens (tertiary/aromatic N) is 2. The van der Waals surface area contributed by atoms with Gasteiger partial charge in [0.25, 0.3) is 0 Å². The predicted octanol–water partition coefficient (Wildman–Crippen LogP) is 2.20. The number of urea groups is 1. The van der Waals surface area contributed by atoms with Crippen molar-refractivity contribution in [2.75, 3.05) is 38.2 Å². The second-order valence-corrected chi connectivity index (χ2v) is 6.36. The van der Waals surface area contributed by atoms with Crippen LogP contribution in [-0.4, -0.2) is 55.6 Å². The molecule has 7 heteroatoms. The lowest BCUT2D eigenvalue weighted by molar-refractivity contribution is 0.0342. The van der Waals surface area contributed by atoms with Crippen molar-refractivity contribution in [1.82, 2.24) is 10.2 Å². The highest BCUT2D eigenvalue weighted by molar-refractivity contribution is 5.89. The molecule has 2 amide bonds. The minimum Gasteiger partial charge on any atom is -0.390 e. The van der Waals surface area contributed by atoms with Gasteiger partial charge in [0.15, 0.2) is 0 Å². The molecule has 2 aliphatic heterocycles. The maximum absolute atomic E-state index is 12.0. The number of carbonyl (C=O) groups excluding carboxylic acids is 1. The lowest BCUT2D eigenvalue weighted by Gasteiger charge is -2.26. The summed E-state index contributed by atoms with van der Waals surface area (Å²) in [6, 6.07) is 7.73. The fourth-order valence-corrected chi connectivity index (χ4v) is 2.90. The summed E-state index contributed by atoms with van der Waals surface area (Å²) < 4.78 is 5.36. The van der Waals surface area contributed by atoms with Crippen LogP contribution in [0.2, 0.25) is 0 Å². The van der Waals surface area contributed by atoms with E-state index in [0.29, 0.717) is 6.54 Å². The Kier molecular flexibility index (Phi) is 6.25. The lowest BCUT2D eigenvalue weighted by atomic mass is 10.1. The molecule has 1 saturated heterocycles. The smallest absolute Gasteiger partial charge is 0.319 e. The van der Waals surface area contributed by atoms with Crippen LogP contribution in [0.25, 0.3) is 0 Å². The van der Waals surface area contributed by atoms with Gasteiger partial charge in [-0.25, -0.2) is 4.79 Å². The second-order valence-electron chi connectivity index (χ2n) is 6.36. The average molecular weight is 346 g/mol. The molecule has 2 aliphatic rings. The van der Waals surface area contributed by atoms with Crippen molar-refractivity contribution in [2.24, 2.45) is 5.16 Å². The minimum absolute atomic E-state index is 0.0587. The summed E-state index contributed by atoms with van der Waals surface area (Å²) in [7, 11) is 0. The first-order valence-corrected chi connectivity index (χ1v) is 8.88. The highest BCUT2D eigenvalue weighted by Crippen LogP contribution is 2.13. The number of benzene rings is 1. The molecule has 1 aromatic rings. The van der Waals surface area contributed by atoms with Gasteiger partial charge in [-0.3, -0.25) is 4.90 Å². The molecule has 0 aliphatic carbocycles. The number of morpholine rings is 1. The van der Waals surface area contributed by atoms with E-state index >= 15 is 0 Å². The number of hydrogen-bond acceptors (Lipinski definition) is 5. The Morgan fingerprint density at radius 2 is 2.04 bits per heavy atom. The zero-order valence-electron chi connectivity index (χ0n) is 14.7. The fraction of sp³-hybridized carbons (Fsp3) is 0.556. The van der Waals surface area contributed by atoms with E-state index in [1.807, 2.05) is 31.2 Å². The van der Waals surface area contributed by atoms with Gasteiger partial charge in [0.2, 0.25) is 0 Å². The van der Waals surface area contributed by atoms with Gasteiger partial charge in [-0.1, -0.05) is 24.2 Å². The number of anilines is 1. The van der Waals surface area contributed by atoms with Gasteiger partial charge >= 0.3 is 6.03 Å². The molecule has 0 spiro atoms. The summed E-state index contributed by atoms with van der Waals surface area (Å²) in [5.74, 6) is 0. The number of ether oxygens (including phenoxy) is 1. The van der Waals surface area contributed by atoms with E-state index in [1.54, 1.807) is 0 Å². The van der Waals surface area contributed by atoms with Crippen molar-refractivity contribution in [1.29, 1.82) is 0 Å². The summed E-state index contributed by atoms with van der Waals surface area (Å²) in [4.78, 5) is 19.6. The zero-order chi connectivity index (χ0) is 17.5. The molecule has 1 unspecified atom stereocenters. The highest BCUT2D eigenvalue weighted by atomic mass is 16.6. The maximum atomic E-state index is 12.0. The summed E-state index contributed by atoms with van der Waals surface area (Å²) >= 11 is 0. The first kappa shape index (κ1) is 17.7. The normalized spacial score (nSPS) is 20.7. The summed E-state index contributed by atoms with van der Waals surface area (Å²) in [5, 5.41) is 9.66. The molecule has 0 radical (unpaired) electrons. The summed E-state index contributed by atoms with van der Waals surface area (Å²) in [6.45, 7) is 6.95. The van der Waals surface area contributed by atoms with Crippen LogP contribution < -0.4 is 10.6 Å². The Morgan fingerprint density at radius 3 is 2.72 bits per heavy atom. The van der Waals surface area contributed by atoms with Crippen LogP contribution >= 0.6 is 0 Å². The lowest BCUT2D eigenvalue weighted by Crippen LogP contribution is -2.35. The molecule has 25 heavy (non-hydrogen) atoms. The van der Waals surface area contributed by atoms with Crippen LogP contribution in [0.15, 0.2) is 29.4 Å². The third kappa shape index (κ3) is 5.44. The molecule has 1 aromatic carbocycles. The predicted molar refractivity (Wildman–Crippen MR) is 96.8 cm³/mol. The largest absolute Gasteiger partial charge is 0.390 e. The van der Waals surface area contributed by atoms with Gasteiger partial charge in [-0.2, -0.15) is 0 Å². The monoisotopic (exact) mass is 346 g/mol. The number of rotatable bonds is 6. The Hall–Kier alpha value is -2.12. The van der Waals surface area contributed by atoms with E-state index in [1.165, 1.54) is 5.56 Å². The highest BCUT2D eigenvalue weighted by Gasteiger charge is 2.20. The molecular weight excluding hydrogens is 320 g/mol. The van der Waals surface area contributed by atoms with Crippen LogP contribution in [0.3, 0.4) is 0 Å². The van der Waals surface area contributed by atoms with Crippen LogP contribution in [0.4, 0.5) is 10.5 Å². The second kappa shape index (κ2) is 8.82. The van der Waals surface area contributed by atoms with Gasteiger partial charge in [-0.15, -0.1) is 0 Å². The van der Waals surface area contributed by atoms with Gasteiger partial charge in [0, 0.05) is 31.7 Å². The molecule has 2 N–H and O–H groups in total. The van der Waals surface area contributed by atoms with Crippen molar-refractivity contribution in [2.45, 2.75) is 32.4 Å². The molecular formula is C18H26N4O3. The average Bonchev–Trinajstić information content (AvgIpc) is 3.11. The molecule has 136 valence electrons. The van der Waals surface area contributed by atoms with Gasteiger partial charge in [0.05, 0.1) is 25.5 Å². The number of carbonyl (C=O) groups is 1. The van der Waals surface area contributed by atoms with Crippen molar-refractivity contribution < 1.29 is 14.4 Å². The first-order chi connectivity index (χ1) is 12.2. The molecule has 0 aromatic heterocycles. The van der Waals surface area contributed by atoms with E-state index in [9.17, 15) is 4.79 Å². The molecule has 7 nitrogen and oxygen atoms in total. The van der Waals surface area contributed by atoms with Crippen molar-refractivity contribution >= 4 is 17.4 Å². The summed E-state index contributed by atoms with van der Waals surface area (Å²) in [5.41, 5.74) is 3.06. The number of nitrogens with one attached hydrogen (secondary N) is 2.